The molecule has 1 saturated heterocycles. The molecule has 0 aliphatic carbocycles. The minimum Gasteiger partial charge on any atom is -0.496 e. The van der Waals surface area contributed by atoms with Crippen LogP contribution in [-0.4, -0.2) is 48.0 Å². The minimum atomic E-state index is -0.445. The van der Waals surface area contributed by atoms with E-state index in [-0.39, 0.29) is 6.61 Å². The lowest BCUT2D eigenvalue weighted by molar-refractivity contribution is -0.0820. The summed E-state index contributed by atoms with van der Waals surface area (Å²) in [7, 11) is 1.68. The molecule has 2 aromatic rings. The lowest BCUT2D eigenvalue weighted by Gasteiger charge is -2.45. The summed E-state index contributed by atoms with van der Waals surface area (Å²) in [5, 5.41) is 20.5. The molecule has 0 aromatic heterocycles. The maximum absolute atomic E-state index is 10.5. The van der Waals surface area contributed by atoms with Gasteiger partial charge in [-0.25, -0.2) is 0 Å². The monoisotopic (exact) mass is 399 g/mol. The summed E-state index contributed by atoms with van der Waals surface area (Å²) in [6.45, 7) is 4.85. The highest BCUT2D eigenvalue weighted by atomic mass is 16.5. The van der Waals surface area contributed by atoms with Gasteiger partial charge in [-0.05, 0) is 24.5 Å². The van der Waals surface area contributed by atoms with Crippen molar-refractivity contribution >= 4 is 0 Å². The van der Waals surface area contributed by atoms with Crippen LogP contribution in [0.25, 0.3) is 0 Å². The number of aliphatic hydroxyl groups excluding tert-OH is 2. The highest BCUT2D eigenvalue weighted by Crippen LogP contribution is 2.36. The number of benzene rings is 2. The summed E-state index contributed by atoms with van der Waals surface area (Å²) in [4.78, 5) is 2.31. The van der Waals surface area contributed by atoms with Gasteiger partial charge < -0.3 is 19.7 Å². The van der Waals surface area contributed by atoms with Gasteiger partial charge in [0.1, 0.15) is 18.1 Å². The van der Waals surface area contributed by atoms with Crippen molar-refractivity contribution in [1.82, 2.24) is 4.90 Å². The van der Waals surface area contributed by atoms with Crippen molar-refractivity contribution in [3.05, 3.63) is 59.7 Å². The normalized spacial score (nSPS) is 22.4. The maximum atomic E-state index is 10.5. The SMILES string of the molecule is CCC[C@@]1(CO)CN(Cc2ccc(OCc3ccccc3)cc2OC)CC[C@H]1O. The number of aliphatic hydroxyl groups is 2. The smallest absolute Gasteiger partial charge is 0.127 e. The van der Waals surface area contributed by atoms with E-state index in [1.165, 1.54) is 0 Å². The van der Waals surface area contributed by atoms with Gasteiger partial charge in [0.15, 0.2) is 0 Å². The number of hydrogen-bond acceptors (Lipinski definition) is 5. The Morgan fingerprint density at radius 2 is 1.97 bits per heavy atom. The van der Waals surface area contributed by atoms with Crippen molar-refractivity contribution in [2.45, 2.75) is 45.4 Å². The third-order valence-corrected chi connectivity index (χ3v) is 5.93. The van der Waals surface area contributed by atoms with Crippen molar-refractivity contribution in [3.8, 4) is 11.5 Å². The molecule has 1 aliphatic heterocycles. The Balaban J connectivity index is 1.67. The van der Waals surface area contributed by atoms with Crippen LogP contribution in [0.3, 0.4) is 0 Å². The van der Waals surface area contributed by atoms with E-state index in [2.05, 4.69) is 11.8 Å². The van der Waals surface area contributed by atoms with Crippen molar-refractivity contribution in [2.75, 3.05) is 26.8 Å². The summed E-state index contributed by atoms with van der Waals surface area (Å²) in [6.07, 6.45) is 2.01. The molecule has 158 valence electrons. The van der Waals surface area contributed by atoms with Crippen LogP contribution in [0.1, 0.15) is 37.3 Å². The van der Waals surface area contributed by atoms with Crippen LogP contribution in [0, 0.1) is 5.41 Å². The molecule has 2 N–H and O–H groups in total. The molecule has 0 unspecified atom stereocenters. The molecule has 1 aliphatic rings. The van der Waals surface area contributed by atoms with Gasteiger partial charge in [0.05, 0.1) is 19.8 Å². The molecule has 1 heterocycles. The van der Waals surface area contributed by atoms with Gasteiger partial charge >= 0.3 is 0 Å². The topological polar surface area (TPSA) is 62.2 Å². The molecule has 2 aromatic carbocycles. The average molecular weight is 400 g/mol. The van der Waals surface area contributed by atoms with Gasteiger partial charge in [0, 0.05) is 36.7 Å². The zero-order chi connectivity index (χ0) is 20.7. The van der Waals surface area contributed by atoms with Gasteiger partial charge in [0.25, 0.3) is 0 Å². The zero-order valence-corrected chi connectivity index (χ0v) is 17.5. The maximum Gasteiger partial charge on any atom is 0.127 e. The van der Waals surface area contributed by atoms with Crippen molar-refractivity contribution in [3.63, 3.8) is 0 Å². The molecule has 29 heavy (non-hydrogen) atoms. The van der Waals surface area contributed by atoms with E-state index in [4.69, 9.17) is 9.47 Å². The van der Waals surface area contributed by atoms with Crippen LogP contribution in [0.4, 0.5) is 0 Å². The highest BCUT2D eigenvalue weighted by Gasteiger charge is 2.41. The van der Waals surface area contributed by atoms with Crippen LogP contribution < -0.4 is 9.47 Å². The summed E-state index contributed by atoms with van der Waals surface area (Å²) in [5.74, 6) is 1.57. The first-order valence-electron chi connectivity index (χ1n) is 10.4. The number of hydrogen-bond donors (Lipinski definition) is 2. The standard InChI is InChI=1S/C24H33NO4/c1-3-12-24(18-26)17-25(13-11-23(24)27)15-20-9-10-21(14-22(20)28-2)29-16-19-7-5-4-6-8-19/h4-10,14,23,26-27H,3,11-13,15-18H2,1-2H3/t23-,24+/m1/s1. The second-order valence-electron chi connectivity index (χ2n) is 8.03. The van der Waals surface area contributed by atoms with Crippen LogP contribution in [0.15, 0.2) is 48.5 Å². The Labute approximate surface area is 173 Å². The van der Waals surface area contributed by atoms with Gasteiger partial charge in [-0.15, -0.1) is 0 Å². The second-order valence-corrected chi connectivity index (χ2v) is 8.03. The Morgan fingerprint density at radius 1 is 1.17 bits per heavy atom. The third-order valence-electron chi connectivity index (χ3n) is 5.93. The van der Waals surface area contributed by atoms with E-state index < -0.39 is 11.5 Å². The molecule has 3 rings (SSSR count). The van der Waals surface area contributed by atoms with E-state index in [0.717, 1.165) is 48.6 Å². The van der Waals surface area contributed by atoms with Gasteiger partial charge in [-0.1, -0.05) is 49.7 Å². The Kier molecular flexibility index (Phi) is 7.53. The average Bonchev–Trinajstić information content (AvgIpc) is 2.76. The van der Waals surface area contributed by atoms with Crippen LogP contribution in [0.5, 0.6) is 11.5 Å². The molecule has 5 nitrogen and oxygen atoms in total. The summed E-state index contributed by atoms with van der Waals surface area (Å²) < 4.78 is 11.5. The molecule has 0 spiro atoms. The number of methoxy groups -OCH3 is 1. The van der Waals surface area contributed by atoms with Crippen molar-refractivity contribution < 1.29 is 19.7 Å². The van der Waals surface area contributed by atoms with Crippen LogP contribution in [0.2, 0.25) is 0 Å². The lowest BCUT2D eigenvalue weighted by Crippen LogP contribution is -2.53. The van der Waals surface area contributed by atoms with E-state index in [0.29, 0.717) is 19.6 Å². The fourth-order valence-corrected chi connectivity index (χ4v) is 4.28. The lowest BCUT2D eigenvalue weighted by atomic mass is 9.74. The van der Waals surface area contributed by atoms with Crippen molar-refractivity contribution in [1.29, 1.82) is 0 Å². The highest BCUT2D eigenvalue weighted by molar-refractivity contribution is 5.41. The molecule has 2 atom stereocenters. The van der Waals surface area contributed by atoms with Crippen LogP contribution in [-0.2, 0) is 13.2 Å². The largest absolute Gasteiger partial charge is 0.496 e. The van der Waals surface area contributed by atoms with Gasteiger partial charge in [-0.2, -0.15) is 0 Å². The van der Waals surface area contributed by atoms with E-state index in [1.54, 1.807) is 7.11 Å². The predicted molar refractivity (Wildman–Crippen MR) is 114 cm³/mol. The Morgan fingerprint density at radius 3 is 2.66 bits per heavy atom. The molecule has 0 amide bonds. The summed E-state index contributed by atoms with van der Waals surface area (Å²) in [5.41, 5.74) is 1.77. The first-order chi connectivity index (χ1) is 14.1. The second kappa shape index (κ2) is 10.1. The molecule has 0 radical (unpaired) electrons. The number of piperidine rings is 1. The quantitative estimate of drug-likeness (QED) is 0.674. The van der Waals surface area contributed by atoms with Crippen molar-refractivity contribution in [2.24, 2.45) is 5.41 Å². The fraction of sp³-hybridized carbons (Fsp3) is 0.500. The van der Waals surface area contributed by atoms with E-state index in [1.807, 2.05) is 48.5 Å². The third kappa shape index (κ3) is 5.30. The number of likely N-dealkylation sites (tertiary alicyclic amines) is 1. The van der Waals surface area contributed by atoms with E-state index in [9.17, 15) is 10.2 Å². The summed E-state index contributed by atoms with van der Waals surface area (Å²) >= 11 is 0. The van der Waals surface area contributed by atoms with Gasteiger partial charge in [-0.3, -0.25) is 4.90 Å². The first-order valence-corrected chi connectivity index (χ1v) is 10.4. The molecular weight excluding hydrogens is 366 g/mol. The summed E-state index contributed by atoms with van der Waals surface area (Å²) in [6, 6.07) is 16.0. The zero-order valence-electron chi connectivity index (χ0n) is 17.5. The number of nitrogens with zero attached hydrogens (tertiary/aromatic N) is 1. The van der Waals surface area contributed by atoms with Crippen LogP contribution >= 0.6 is 0 Å². The predicted octanol–water partition coefficient (Wildman–Crippen LogP) is 3.62. The fourth-order valence-electron chi connectivity index (χ4n) is 4.28. The minimum absolute atomic E-state index is 0.0158. The molecular formula is C24H33NO4. The molecule has 0 saturated carbocycles. The molecule has 5 heteroatoms. The Hall–Kier alpha value is -2.08. The first kappa shape index (κ1) is 21.6. The number of ether oxygens (including phenoxy) is 2. The molecule has 1 fully saturated rings. The molecule has 0 bridgehead atoms. The number of rotatable bonds is 9. The van der Waals surface area contributed by atoms with Gasteiger partial charge in [0.2, 0.25) is 0 Å². The van der Waals surface area contributed by atoms with E-state index >= 15 is 0 Å². The Bertz CT molecular complexity index is 767.